The lowest BCUT2D eigenvalue weighted by Crippen LogP contribution is -2.36. The number of aromatic nitrogens is 1. The van der Waals surface area contributed by atoms with Crippen LogP contribution < -0.4 is 14.4 Å². The van der Waals surface area contributed by atoms with Crippen molar-refractivity contribution in [1.29, 1.82) is 0 Å². The Labute approximate surface area is 208 Å². The Kier molecular flexibility index (Phi) is 6.66. The van der Waals surface area contributed by atoms with E-state index in [1.54, 1.807) is 0 Å². The molecule has 0 atom stereocenters. The second kappa shape index (κ2) is 10.2. The lowest BCUT2D eigenvalue weighted by atomic mass is 9.96. The molecule has 1 fully saturated rings. The molecule has 3 aromatic carbocycles. The van der Waals surface area contributed by atoms with Crippen molar-refractivity contribution in [2.45, 2.75) is 25.8 Å². The van der Waals surface area contributed by atoms with Crippen molar-refractivity contribution in [1.82, 2.24) is 4.57 Å². The lowest BCUT2D eigenvalue weighted by molar-refractivity contribution is -0.142. The molecule has 36 heavy (non-hydrogen) atoms. The Morgan fingerprint density at radius 3 is 2.33 bits per heavy atom. The van der Waals surface area contributed by atoms with Crippen LogP contribution in [0.25, 0.3) is 21.7 Å². The SMILES string of the molecule is O=C(O)Oc1c(N2CCC(C(=O)O)CC2)c2ccccc2n1CCCOc1cccc2ccccc12. The van der Waals surface area contributed by atoms with Crippen LogP contribution >= 0.6 is 0 Å². The van der Waals surface area contributed by atoms with Gasteiger partial charge in [0.2, 0.25) is 5.88 Å². The van der Waals surface area contributed by atoms with Crippen molar-refractivity contribution in [2.24, 2.45) is 5.92 Å². The molecule has 8 heteroatoms. The van der Waals surface area contributed by atoms with Gasteiger partial charge in [0.1, 0.15) is 11.4 Å². The number of carboxylic acid groups (broad SMARTS) is 2. The van der Waals surface area contributed by atoms with Crippen LogP contribution in [0.3, 0.4) is 0 Å². The van der Waals surface area contributed by atoms with Gasteiger partial charge in [-0.3, -0.25) is 4.79 Å². The normalized spacial score (nSPS) is 14.3. The van der Waals surface area contributed by atoms with Crippen LogP contribution in [0, 0.1) is 5.92 Å². The summed E-state index contributed by atoms with van der Waals surface area (Å²) in [6, 6.07) is 21.7. The van der Waals surface area contributed by atoms with Crippen LogP contribution in [-0.4, -0.2) is 46.6 Å². The number of para-hydroxylation sites is 1. The van der Waals surface area contributed by atoms with Gasteiger partial charge in [-0.25, -0.2) is 4.79 Å². The molecule has 1 aliphatic heterocycles. The number of ether oxygens (including phenoxy) is 2. The quantitative estimate of drug-likeness (QED) is 0.245. The molecular formula is C28H28N2O6. The summed E-state index contributed by atoms with van der Waals surface area (Å²) in [5, 5.41) is 21.9. The van der Waals surface area contributed by atoms with E-state index in [9.17, 15) is 19.8 Å². The Bertz CT molecular complexity index is 1400. The minimum absolute atomic E-state index is 0.266. The standard InChI is InChI=1S/C28H28N2O6/c31-27(32)20-13-16-29(17-14-20)25-22-10-3-4-11-23(22)30(26(25)36-28(33)34)15-6-18-35-24-12-5-8-19-7-1-2-9-21(19)24/h1-5,7-12,20H,6,13-18H2,(H,31,32)(H,33,34). The van der Waals surface area contributed by atoms with Gasteiger partial charge in [0.05, 0.1) is 18.0 Å². The predicted molar refractivity (Wildman–Crippen MR) is 137 cm³/mol. The number of aliphatic carboxylic acids is 1. The van der Waals surface area contributed by atoms with E-state index < -0.39 is 12.1 Å². The highest BCUT2D eigenvalue weighted by molar-refractivity contribution is 5.98. The fourth-order valence-corrected chi connectivity index (χ4v) is 5.05. The maximum absolute atomic E-state index is 11.7. The van der Waals surface area contributed by atoms with E-state index in [1.807, 2.05) is 76.2 Å². The molecule has 0 saturated carbocycles. The minimum atomic E-state index is -1.38. The molecular weight excluding hydrogens is 460 g/mol. The highest BCUT2D eigenvalue weighted by atomic mass is 16.7. The van der Waals surface area contributed by atoms with Gasteiger partial charge in [0.15, 0.2) is 0 Å². The third-order valence-electron chi connectivity index (χ3n) is 6.78. The van der Waals surface area contributed by atoms with E-state index in [4.69, 9.17) is 9.47 Å². The number of fused-ring (bicyclic) bond motifs is 2. The number of nitrogens with zero attached hydrogens (tertiary/aromatic N) is 2. The molecule has 1 saturated heterocycles. The Morgan fingerprint density at radius 1 is 0.889 bits per heavy atom. The van der Waals surface area contributed by atoms with Gasteiger partial charge in [-0.2, -0.15) is 0 Å². The summed E-state index contributed by atoms with van der Waals surface area (Å²) in [4.78, 5) is 25.1. The first kappa shape index (κ1) is 23.5. The molecule has 0 aliphatic carbocycles. The molecule has 0 bridgehead atoms. The number of rotatable bonds is 8. The summed E-state index contributed by atoms with van der Waals surface area (Å²) in [6.45, 7) is 1.99. The molecule has 0 spiro atoms. The van der Waals surface area contributed by atoms with Crippen LogP contribution in [0.4, 0.5) is 10.5 Å². The van der Waals surface area contributed by atoms with E-state index in [0.717, 1.165) is 27.4 Å². The number of anilines is 1. The number of aryl methyl sites for hydroxylation is 1. The van der Waals surface area contributed by atoms with Gasteiger partial charge in [-0.15, -0.1) is 0 Å². The minimum Gasteiger partial charge on any atom is -0.493 e. The van der Waals surface area contributed by atoms with Crippen molar-refractivity contribution >= 4 is 39.5 Å². The van der Waals surface area contributed by atoms with E-state index in [2.05, 4.69) is 0 Å². The van der Waals surface area contributed by atoms with Crippen LogP contribution in [-0.2, 0) is 11.3 Å². The second-order valence-electron chi connectivity index (χ2n) is 8.97. The van der Waals surface area contributed by atoms with Crippen molar-refractivity contribution in [3.05, 3.63) is 66.7 Å². The third-order valence-corrected chi connectivity index (χ3v) is 6.78. The fraction of sp³-hybridized carbons (Fsp3) is 0.286. The molecule has 2 heterocycles. The molecule has 1 aliphatic rings. The number of hydrogen-bond donors (Lipinski definition) is 2. The molecule has 2 N–H and O–H groups in total. The largest absolute Gasteiger partial charge is 0.512 e. The smallest absolute Gasteiger partial charge is 0.493 e. The lowest BCUT2D eigenvalue weighted by Gasteiger charge is -2.32. The van der Waals surface area contributed by atoms with Crippen LogP contribution in [0.15, 0.2) is 66.7 Å². The first-order chi connectivity index (χ1) is 17.5. The van der Waals surface area contributed by atoms with Gasteiger partial charge in [-0.05, 0) is 36.8 Å². The van der Waals surface area contributed by atoms with Gasteiger partial charge >= 0.3 is 12.1 Å². The first-order valence-electron chi connectivity index (χ1n) is 12.1. The van der Waals surface area contributed by atoms with E-state index in [1.165, 1.54) is 0 Å². The number of carbonyl (C=O) groups is 2. The Hall–Kier alpha value is -4.20. The Balaban J connectivity index is 1.39. The van der Waals surface area contributed by atoms with Gasteiger partial charge in [-0.1, -0.05) is 54.6 Å². The topological polar surface area (TPSA) is 101 Å². The Morgan fingerprint density at radius 2 is 1.58 bits per heavy atom. The number of hydrogen-bond acceptors (Lipinski definition) is 5. The van der Waals surface area contributed by atoms with Crippen LogP contribution in [0.2, 0.25) is 0 Å². The molecule has 1 aromatic heterocycles. The fourth-order valence-electron chi connectivity index (χ4n) is 5.05. The molecule has 5 rings (SSSR count). The highest BCUT2D eigenvalue weighted by Gasteiger charge is 2.30. The van der Waals surface area contributed by atoms with E-state index in [-0.39, 0.29) is 11.8 Å². The summed E-state index contributed by atoms with van der Waals surface area (Å²) in [7, 11) is 0. The molecule has 186 valence electrons. The molecule has 8 nitrogen and oxygen atoms in total. The van der Waals surface area contributed by atoms with Gasteiger partial charge < -0.3 is 29.2 Å². The zero-order valence-corrected chi connectivity index (χ0v) is 19.8. The van der Waals surface area contributed by atoms with Crippen molar-refractivity contribution in [3.63, 3.8) is 0 Å². The molecule has 0 unspecified atom stereocenters. The van der Waals surface area contributed by atoms with Gasteiger partial charge in [0, 0.05) is 30.4 Å². The zero-order valence-electron chi connectivity index (χ0n) is 19.8. The summed E-state index contributed by atoms with van der Waals surface area (Å²) in [6.07, 6.45) is 0.256. The highest BCUT2D eigenvalue weighted by Crippen LogP contribution is 2.42. The summed E-state index contributed by atoms with van der Waals surface area (Å²) in [5.41, 5.74) is 1.57. The second-order valence-corrected chi connectivity index (χ2v) is 8.97. The molecule has 4 aromatic rings. The van der Waals surface area contributed by atoms with Crippen molar-refractivity contribution in [3.8, 4) is 11.6 Å². The van der Waals surface area contributed by atoms with Crippen molar-refractivity contribution in [2.75, 3.05) is 24.6 Å². The van der Waals surface area contributed by atoms with Gasteiger partial charge in [0.25, 0.3) is 0 Å². The average molecular weight is 489 g/mol. The number of carboxylic acids is 1. The van der Waals surface area contributed by atoms with Crippen LogP contribution in [0.5, 0.6) is 11.6 Å². The van der Waals surface area contributed by atoms with E-state index >= 15 is 0 Å². The summed E-state index contributed by atoms with van der Waals surface area (Å²) < 4.78 is 13.3. The maximum atomic E-state index is 11.7. The zero-order chi connectivity index (χ0) is 25.1. The summed E-state index contributed by atoms with van der Waals surface area (Å²) in [5.74, 6) is -0.0907. The van der Waals surface area contributed by atoms with Crippen LogP contribution in [0.1, 0.15) is 19.3 Å². The monoisotopic (exact) mass is 488 g/mol. The van der Waals surface area contributed by atoms with Crippen molar-refractivity contribution < 1.29 is 29.3 Å². The molecule has 0 radical (unpaired) electrons. The first-order valence-corrected chi connectivity index (χ1v) is 12.1. The predicted octanol–water partition coefficient (Wildman–Crippen LogP) is 5.62. The maximum Gasteiger partial charge on any atom is 0.512 e. The molecule has 0 amide bonds. The number of piperidine rings is 1. The summed E-state index contributed by atoms with van der Waals surface area (Å²) >= 11 is 0. The average Bonchev–Trinajstić information content (AvgIpc) is 3.19. The van der Waals surface area contributed by atoms with E-state index in [0.29, 0.717) is 51.2 Å². The third kappa shape index (κ3) is 4.66. The number of benzene rings is 3.